The molecule has 0 saturated heterocycles. The Morgan fingerprint density at radius 2 is 2.14 bits per heavy atom. The van der Waals surface area contributed by atoms with Gasteiger partial charge in [-0.2, -0.15) is 0 Å². The van der Waals surface area contributed by atoms with Gasteiger partial charge in [0.1, 0.15) is 0 Å². The first-order chi connectivity index (χ1) is 6.61. The number of nitrogens with zero attached hydrogens (tertiary/aromatic N) is 1. The molecule has 1 unspecified atom stereocenters. The molecule has 0 aromatic carbocycles. The molecular formula is C11H18N2O. The van der Waals surface area contributed by atoms with Gasteiger partial charge in [0.15, 0.2) is 0 Å². The lowest BCUT2D eigenvalue weighted by Crippen LogP contribution is -2.11. The number of rotatable bonds is 4. The first-order valence-corrected chi connectivity index (χ1v) is 4.94. The smallest absolute Gasteiger partial charge is 0.218 e. The fourth-order valence-corrected chi connectivity index (χ4v) is 1.12. The number of hydrogen-bond acceptors (Lipinski definition) is 3. The highest BCUT2D eigenvalue weighted by Gasteiger charge is 2.08. The van der Waals surface area contributed by atoms with Gasteiger partial charge in [-0.05, 0) is 18.9 Å². The monoisotopic (exact) mass is 194 g/mol. The van der Waals surface area contributed by atoms with Gasteiger partial charge < -0.3 is 10.5 Å². The number of pyridine rings is 1. The molecule has 0 aliphatic rings. The van der Waals surface area contributed by atoms with E-state index in [1.807, 2.05) is 19.1 Å². The summed E-state index contributed by atoms with van der Waals surface area (Å²) in [7, 11) is 0. The molecule has 0 saturated carbocycles. The molecule has 0 fully saturated rings. The number of aromatic nitrogens is 1. The van der Waals surface area contributed by atoms with Crippen molar-refractivity contribution < 1.29 is 4.74 Å². The van der Waals surface area contributed by atoms with Crippen LogP contribution in [0.4, 0.5) is 0 Å². The summed E-state index contributed by atoms with van der Waals surface area (Å²) in [4.78, 5) is 4.17. The zero-order valence-electron chi connectivity index (χ0n) is 9.03. The third-order valence-corrected chi connectivity index (χ3v) is 1.84. The lowest BCUT2D eigenvalue weighted by molar-refractivity contribution is 0.257. The fraction of sp³-hybridized carbons (Fsp3) is 0.545. The zero-order valence-corrected chi connectivity index (χ0v) is 9.03. The van der Waals surface area contributed by atoms with Crippen LogP contribution in [0.15, 0.2) is 18.3 Å². The lowest BCUT2D eigenvalue weighted by atomic mass is 10.1. The quantitative estimate of drug-likeness (QED) is 0.798. The van der Waals surface area contributed by atoms with E-state index < -0.39 is 0 Å². The lowest BCUT2D eigenvalue weighted by Gasteiger charge is -2.13. The predicted octanol–water partition coefficient (Wildman–Crippen LogP) is 2.14. The van der Waals surface area contributed by atoms with E-state index in [9.17, 15) is 0 Å². The maximum Gasteiger partial charge on any atom is 0.218 e. The first-order valence-electron chi connectivity index (χ1n) is 4.94. The van der Waals surface area contributed by atoms with E-state index >= 15 is 0 Å². The van der Waals surface area contributed by atoms with Crippen molar-refractivity contribution >= 4 is 0 Å². The standard InChI is InChI=1S/C11H18N2O/c1-8(2)7-14-11-10(9(3)12)5-4-6-13-11/h4-6,8-9H,7,12H2,1-3H3. The molecule has 14 heavy (non-hydrogen) atoms. The summed E-state index contributed by atoms with van der Waals surface area (Å²) in [5.41, 5.74) is 6.77. The molecule has 0 aliphatic heterocycles. The Morgan fingerprint density at radius 1 is 1.43 bits per heavy atom. The van der Waals surface area contributed by atoms with Crippen molar-refractivity contribution in [2.45, 2.75) is 26.8 Å². The van der Waals surface area contributed by atoms with Gasteiger partial charge >= 0.3 is 0 Å². The number of ether oxygens (including phenoxy) is 1. The molecule has 0 aliphatic carbocycles. The van der Waals surface area contributed by atoms with Gasteiger partial charge in [0.2, 0.25) is 5.88 Å². The normalized spacial score (nSPS) is 12.9. The van der Waals surface area contributed by atoms with Crippen LogP contribution >= 0.6 is 0 Å². The van der Waals surface area contributed by atoms with E-state index in [1.54, 1.807) is 6.20 Å². The predicted molar refractivity (Wildman–Crippen MR) is 57.2 cm³/mol. The summed E-state index contributed by atoms with van der Waals surface area (Å²) in [6.45, 7) is 6.82. The van der Waals surface area contributed by atoms with E-state index in [0.29, 0.717) is 18.4 Å². The van der Waals surface area contributed by atoms with Crippen molar-refractivity contribution in [2.75, 3.05) is 6.61 Å². The summed E-state index contributed by atoms with van der Waals surface area (Å²) < 4.78 is 5.57. The van der Waals surface area contributed by atoms with Gasteiger partial charge in [0.05, 0.1) is 6.61 Å². The Labute approximate surface area is 85.3 Å². The molecule has 3 nitrogen and oxygen atoms in total. The van der Waals surface area contributed by atoms with Gasteiger partial charge in [-0.1, -0.05) is 19.9 Å². The third-order valence-electron chi connectivity index (χ3n) is 1.84. The fourth-order valence-electron chi connectivity index (χ4n) is 1.12. The van der Waals surface area contributed by atoms with Crippen LogP contribution in [-0.4, -0.2) is 11.6 Å². The molecule has 0 spiro atoms. The van der Waals surface area contributed by atoms with E-state index in [0.717, 1.165) is 5.56 Å². The van der Waals surface area contributed by atoms with Crippen LogP contribution in [0.1, 0.15) is 32.4 Å². The van der Waals surface area contributed by atoms with Crippen LogP contribution in [0.25, 0.3) is 0 Å². The SMILES string of the molecule is CC(C)COc1ncccc1C(C)N. The Hall–Kier alpha value is -1.09. The average Bonchev–Trinajstić information content (AvgIpc) is 2.15. The topological polar surface area (TPSA) is 48.1 Å². The van der Waals surface area contributed by atoms with Gasteiger partial charge in [0.25, 0.3) is 0 Å². The maximum atomic E-state index is 5.80. The van der Waals surface area contributed by atoms with E-state index in [4.69, 9.17) is 10.5 Å². The second-order valence-corrected chi connectivity index (χ2v) is 3.89. The minimum absolute atomic E-state index is 0.0362. The third kappa shape index (κ3) is 3.00. The van der Waals surface area contributed by atoms with Crippen molar-refractivity contribution in [3.05, 3.63) is 23.9 Å². The average molecular weight is 194 g/mol. The van der Waals surface area contributed by atoms with Gasteiger partial charge in [-0.15, -0.1) is 0 Å². The van der Waals surface area contributed by atoms with E-state index in [-0.39, 0.29) is 6.04 Å². The van der Waals surface area contributed by atoms with Gasteiger partial charge in [-0.25, -0.2) is 4.98 Å². The Morgan fingerprint density at radius 3 is 2.71 bits per heavy atom. The van der Waals surface area contributed by atoms with Crippen molar-refractivity contribution in [1.29, 1.82) is 0 Å². The minimum Gasteiger partial charge on any atom is -0.477 e. The second-order valence-electron chi connectivity index (χ2n) is 3.89. The Kier molecular flexibility index (Phi) is 3.89. The molecule has 1 aromatic heterocycles. The largest absolute Gasteiger partial charge is 0.477 e. The van der Waals surface area contributed by atoms with Crippen molar-refractivity contribution in [3.8, 4) is 5.88 Å². The van der Waals surface area contributed by atoms with Crippen molar-refractivity contribution in [2.24, 2.45) is 11.7 Å². The second kappa shape index (κ2) is 4.96. The highest BCUT2D eigenvalue weighted by molar-refractivity contribution is 5.28. The summed E-state index contributed by atoms with van der Waals surface area (Å²) in [5.74, 6) is 1.16. The summed E-state index contributed by atoms with van der Waals surface area (Å²) in [5, 5.41) is 0. The van der Waals surface area contributed by atoms with Gasteiger partial charge in [0, 0.05) is 17.8 Å². The molecule has 1 rings (SSSR count). The molecule has 1 heterocycles. The molecule has 0 amide bonds. The summed E-state index contributed by atoms with van der Waals surface area (Å²) >= 11 is 0. The summed E-state index contributed by atoms with van der Waals surface area (Å²) in [6.07, 6.45) is 1.72. The van der Waals surface area contributed by atoms with Gasteiger partial charge in [-0.3, -0.25) is 0 Å². The number of hydrogen-bond donors (Lipinski definition) is 1. The molecule has 78 valence electrons. The zero-order chi connectivity index (χ0) is 10.6. The molecule has 0 bridgehead atoms. The summed E-state index contributed by atoms with van der Waals surface area (Å²) in [6, 6.07) is 3.79. The minimum atomic E-state index is -0.0362. The Bertz CT molecular complexity index is 284. The van der Waals surface area contributed by atoms with Crippen LogP contribution in [-0.2, 0) is 0 Å². The van der Waals surface area contributed by atoms with Crippen LogP contribution in [0.5, 0.6) is 5.88 Å². The molecule has 0 radical (unpaired) electrons. The van der Waals surface area contributed by atoms with Crippen LogP contribution in [0, 0.1) is 5.92 Å². The molecule has 1 atom stereocenters. The van der Waals surface area contributed by atoms with Crippen LogP contribution < -0.4 is 10.5 Å². The van der Waals surface area contributed by atoms with Crippen molar-refractivity contribution in [3.63, 3.8) is 0 Å². The highest BCUT2D eigenvalue weighted by Crippen LogP contribution is 2.20. The Balaban J connectivity index is 2.74. The number of nitrogens with two attached hydrogens (primary N) is 1. The first kappa shape index (κ1) is 11.0. The van der Waals surface area contributed by atoms with Crippen molar-refractivity contribution in [1.82, 2.24) is 4.98 Å². The molecule has 1 aromatic rings. The van der Waals surface area contributed by atoms with E-state index in [2.05, 4.69) is 18.8 Å². The maximum absolute atomic E-state index is 5.80. The molecular weight excluding hydrogens is 176 g/mol. The van der Waals surface area contributed by atoms with Crippen LogP contribution in [0.2, 0.25) is 0 Å². The molecule has 2 N–H and O–H groups in total. The van der Waals surface area contributed by atoms with E-state index in [1.165, 1.54) is 0 Å². The highest BCUT2D eigenvalue weighted by atomic mass is 16.5. The molecule has 3 heteroatoms. The van der Waals surface area contributed by atoms with Crippen LogP contribution in [0.3, 0.4) is 0 Å².